The Balaban J connectivity index is 1.58. The Hall–Kier alpha value is -3.17. The number of likely N-dealkylation sites (N-methyl/N-ethyl adjacent to an activating group) is 1. The number of anilines is 2. The second kappa shape index (κ2) is 9.55. The van der Waals surface area contributed by atoms with Gasteiger partial charge in [0.2, 0.25) is 5.91 Å². The first-order valence-corrected chi connectivity index (χ1v) is 10.1. The minimum atomic E-state index is -0.855. The Morgan fingerprint density at radius 3 is 2.87 bits per heavy atom. The van der Waals surface area contributed by atoms with Crippen molar-refractivity contribution in [3.63, 3.8) is 0 Å². The Morgan fingerprint density at radius 1 is 1.37 bits per heavy atom. The highest BCUT2D eigenvalue weighted by Crippen LogP contribution is 2.37. The smallest absolute Gasteiger partial charge is 0.407 e. The molecule has 3 atom stereocenters. The molecule has 30 heavy (non-hydrogen) atoms. The average molecular weight is 417 g/mol. The van der Waals surface area contributed by atoms with Crippen molar-refractivity contribution in [2.75, 3.05) is 12.3 Å². The van der Waals surface area contributed by atoms with Crippen molar-refractivity contribution in [2.24, 2.45) is 0 Å². The lowest BCUT2D eigenvalue weighted by Gasteiger charge is -2.31. The molecule has 0 radical (unpaired) electrons. The summed E-state index contributed by atoms with van der Waals surface area (Å²) in [5.74, 6) is 1.06. The summed E-state index contributed by atoms with van der Waals surface area (Å²) >= 11 is 0. The SMILES string of the molecule is [2H]CNC(=O)Cc1cnc(Nc2cc([C@H]3CC[C@@H](N(C(=O)O)C(C)CC)C3)[nH]n2)cn1. The molecule has 0 saturated heterocycles. The Labute approximate surface area is 176 Å². The third-order valence-corrected chi connectivity index (χ3v) is 5.62. The number of nitrogens with zero attached hydrogens (tertiary/aromatic N) is 4. The quantitative estimate of drug-likeness (QED) is 0.519. The zero-order valence-electron chi connectivity index (χ0n) is 18.3. The van der Waals surface area contributed by atoms with E-state index in [1.165, 1.54) is 12.4 Å². The lowest BCUT2D eigenvalue weighted by Crippen LogP contribution is -2.44. The van der Waals surface area contributed by atoms with Crippen LogP contribution in [0.3, 0.4) is 0 Å². The number of nitrogens with one attached hydrogen (secondary N) is 3. The standard InChI is InChI=1S/C20H29N7O3/c1-4-12(2)27(20(29)30)15-6-5-13(7-15)16-9-17(26-25-16)24-18-11-22-14(10-23-18)8-19(28)21-3/h9-13,15H,4-8H2,1-3H3,(H,21,28)(H,29,30)(H2,23,24,25,26)/t12?,13-,15+/m0/s1/i3D. The fourth-order valence-electron chi connectivity index (χ4n) is 3.87. The van der Waals surface area contributed by atoms with Gasteiger partial charge in [-0.1, -0.05) is 6.92 Å². The van der Waals surface area contributed by atoms with Crippen molar-refractivity contribution in [3.8, 4) is 0 Å². The fraction of sp³-hybridized carbons (Fsp3) is 0.550. The number of carboxylic acid groups (broad SMARTS) is 1. The lowest BCUT2D eigenvalue weighted by molar-refractivity contribution is -0.120. The van der Waals surface area contributed by atoms with Gasteiger partial charge in [0.25, 0.3) is 0 Å². The monoisotopic (exact) mass is 416 g/mol. The maximum Gasteiger partial charge on any atom is 0.407 e. The van der Waals surface area contributed by atoms with E-state index in [1.54, 1.807) is 4.90 Å². The summed E-state index contributed by atoms with van der Waals surface area (Å²) in [6.45, 7) is 3.95. The van der Waals surface area contributed by atoms with E-state index in [4.69, 9.17) is 1.37 Å². The van der Waals surface area contributed by atoms with E-state index in [2.05, 4.69) is 30.8 Å². The summed E-state index contributed by atoms with van der Waals surface area (Å²) in [6.07, 6.45) is 5.56. The summed E-state index contributed by atoms with van der Waals surface area (Å²) in [6, 6.07) is 1.93. The van der Waals surface area contributed by atoms with Crippen molar-refractivity contribution in [1.29, 1.82) is 0 Å². The highest BCUT2D eigenvalue weighted by Gasteiger charge is 2.35. The van der Waals surface area contributed by atoms with E-state index in [-0.39, 0.29) is 37.4 Å². The van der Waals surface area contributed by atoms with Crippen LogP contribution < -0.4 is 10.6 Å². The van der Waals surface area contributed by atoms with Crippen LogP contribution in [0.25, 0.3) is 0 Å². The predicted molar refractivity (Wildman–Crippen MR) is 112 cm³/mol. The van der Waals surface area contributed by atoms with Gasteiger partial charge in [-0.05, 0) is 32.6 Å². The van der Waals surface area contributed by atoms with E-state index >= 15 is 0 Å². The zero-order chi connectivity index (χ0) is 22.4. The molecular weight excluding hydrogens is 386 g/mol. The summed E-state index contributed by atoms with van der Waals surface area (Å²) in [5.41, 5.74) is 1.48. The van der Waals surface area contributed by atoms with Gasteiger partial charge >= 0.3 is 6.09 Å². The number of aromatic amines is 1. The van der Waals surface area contributed by atoms with Gasteiger partial charge in [-0.15, -0.1) is 0 Å². The van der Waals surface area contributed by atoms with Gasteiger partial charge in [-0.3, -0.25) is 14.9 Å². The maximum atomic E-state index is 11.7. The van der Waals surface area contributed by atoms with E-state index in [1.807, 2.05) is 19.9 Å². The molecule has 1 unspecified atom stereocenters. The van der Waals surface area contributed by atoms with Gasteiger partial charge in [0.05, 0.1) is 24.5 Å². The van der Waals surface area contributed by atoms with Gasteiger partial charge in [-0.2, -0.15) is 5.10 Å². The number of carbonyl (C=O) groups excluding carboxylic acids is 1. The van der Waals surface area contributed by atoms with Gasteiger partial charge in [0.15, 0.2) is 5.82 Å². The second-order valence-corrected chi connectivity index (χ2v) is 7.61. The summed E-state index contributed by atoms with van der Waals surface area (Å²) < 4.78 is 6.98. The van der Waals surface area contributed by atoms with Crippen LogP contribution in [-0.2, 0) is 11.2 Å². The van der Waals surface area contributed by atoms with Gasteiger partial charge in [0, 0.05) is 38.2 Å². The molecular formula is C20H29N7O3. The first kappa shape index (κ1) is 20.1. The molecule has 1 aliphatic rings. The first-order valence-electron chi connectivity index (χ1n) is 10.8. The number of H-pyrrole nitrogens is 1. The van der Waals surface area contributed by atoms with Crippen molar-refractivity contribution in [1.82, 2.24) is 30.4 Å². The van der Waals surface area contributed by atoms with Crippen LogP contribution in [0.4, 0.5) is 16.4 Å². The highest BCUT2D eigenvalue weighted by molar-refractivity contribution is 5.77. The number of amides is 2. The normalized spacial score (nSPS) is 19.7. The van der Waals surface area contributed by atoms with Crippen molar-refractivity contribution in [3.05, 3.63) is 29.8 Å². The van der Waals surface area contributed by atoms with Gasteiger partial charge in [-0.25, -0.2) is 9.78 Å². The van der Waals surface area contributed by atoms with Crippen LogP contribution in [0.1, 0.15) is 58.2 Å². The van der Waals surface area contributed by atoms with Crippen molar-refractivity contribution >= 4 is 23.6 Å². The highest BCUT2D eigenvalue weighted by atomic mass is 16.4. The number of hydrogen-bond acceptors (Lipinski definition) is 6. The molecule has 2 aromatic rings. The van der Waals surface area contributed by atoms with E-state index in [0.29, 0.717) is 17.3 Å². The zero-order valence-corrected chi connectivity index (χ0v) is 17.3. The lowest BCUT2D eigenvalue weighted by atomic mass is 10.0. The molecule has 0 bridgehead atoms. The van der Waals surface area contributed by atoms with Crippen LogP contribution in [0.2, 0.25) is 0 Å². The number of rotatable bonds is 8. The molecule has 0 spiro atoms. The molecule has 3 rings (SSSR count). The Morgan fingerprint density at radius 2 is 2.20 bits per heavy atom. The maximum absolute atomic E-state index is 11.7. The average Bonchev–Trinajstić information content (AvgIpc) is 3.39. The van der Waals surface area contributed by atoms with Gasteiger partial charge in [0.1, 0.15) is 5.82 Å². The van der Waals surface area contributed by atoms with Crippen LogP contribution in [-0.4, -0.2) is 61.3 Å². The molecule has 1 saturated carbocycles. The Bertz CT molecular complexity index is 889. The molecule has 1 fully saturated rings. The van der Waals surface area contributed by atoms with Crippen LogP contribution in [0.15, 0.2) is 18.5 Å². The fourth-order valence-corrected chi connectivity index (χ4v) is 3.87. The summed E-state index contributed by atoms with van der Waals surface area (Å²) in [5, 5.41) is 22.4. The molecule has 4 N–H and O–H groups in total. The van der Waals surface area contributed by atoms with Crippen molar-refractivity contribution < 1.29 is 16.1 Å². The molecule has 2 aromatic heterocycles. The topological polar surface area (TPSA) is 136 Å². The largest absolute Gasteiger partial charge is 0.465 e. The van der Waals surface area contributed by atoms with Crippen LogP contribution >= 0.6 is 0 Å². The van der Waals surface area contributed by atoms with Crippen molar-refractivity contribution in [2.45, 2.75) is 64.0 Å². The molecule has 0 aliphatic heterocycles. The predicted octanol–water partition coefficient (Wildman–Crippen LogP) is 2.65. The molecule has 0 aromatic carbocycles. The minimum absolute atomic E-state index is 0.000150. The molecule has 162 valence electrons. The third-order valence-electron chi connectivity index (χ3n) is 5.62. The van der Waals surface area contributed by atoms with E-state index in [9.17, 15) is 14.7 Å². The summed E-state index contributed by atoms with van der Waals surface area (Å²) in [4.78, 5) is 33.3. The number of hydrogen-bond donors (Lipinski definition) is 4. The molecule has 1 aliphatic carbocycles. The van der Waals surface area contributed by atoms with E-state index in [0.717, 1.165) is 31.4 Å². The Kier molecular flexibility index (Phi) is 6.41. The third kappa shape index (κ3) is 5.05. The van der Waals surface area contributed by atoms with Gasteiger partial charge < -0.3 is 20.6 Å². The minimum Gasteiger partial charge on any atom is -0.465 e. The second-order valence-electron chi connectivity index (χ2n) is 7.61. The molecule has 2 amide bonds. The molecule has 2 heterocycles. The first-order chi connectivity index (χ1) is 14.9. The number of carbonyl (C=O) groups is 2. The molecule has 10 heteroatoms. The van der Waals surface area contributed by atoms with Crippen LogP contribution in [0.5, 0.6) is 0 Å². The number of aromatic nitrogens is 4. The molecule has 10 nitrogen and oxygen atoms in total. The summed E-state index contributed by atoms with van der Waals surface area (Å²) in [7, 11) is -0.166. The van der Waals surface area contributed by atoms with E-state index < -0.39 is 6.09 Å². The van der Waals surface area contributed by atoms with Crippen LogP contribution in [0, 0.1) is 0 Å².